The molecule has 0 amide bonds. The molecule has 8 heteroatoms. The van der Waals surface area contributed by atoms with E-state index in [2.05, 4.69) is 113 Å². The molecule has 0 fully saturated rings. The summed E-state index contributed by atoms with van der Waals surface area (Å²) in [5.41, 5.74) is 0. The normalized spacial score (nSPS) is 14.1. The van der Waals surface area contributed by atoms with E-state index in [9.17, 15) is 0 Å². The van der Waals surface area contributed by atoms with Gasteiger partial charge in [0.2, 0.25) is 15.4 Å². The molecule has 0 saturated carbocycles. The Morgan fingerprint density at radius 2 is 0.538 bits per heavy atom. The molecule has 6 nitrogen and oxygen atoms in total. The molecule has 0 rings (SSSR count). The van der Waals surface area contributed by atoms with Crippen molar-refractivity contribution >= 4 is 15.4 Å². The summed E-state index contributed by atoms with van der Waals surface area (Å²) in [7, 11) is 24.1. The summed E-state index contributed by atoms with van der Waals surface area (Å²) in [6.45, 7) is 0. The second-order valence-electron chi connectivity index (χ2n) is 8.33. The van der Waals surface area contributed by atoms with Crippen molar-refractivity contribution in [2.75, 3.05) is 96.9 Å². The first-order valence-electron chi connectivity index (χ1n) is 9.70. The lowest BCUT2D eigenvalue weighted by molar-refractivity contribution is 0.450. The second-order valence-corrected chi connectivity index (χ2v) is 16.8. The molecular weight excluding hydrogens is 362 g/mol. The average Bonchev–Trinajstić information content (AvgIpc) is 2.47. The minimum Gasteiger partial charge on any atom is -0.155 e. The van der Waals surface area contributed by atoms with E-state index in [1.54, 1.807) is 0 Å². The van der Waals surface area contributed by atoms with Crippen molar-refractivity contribution in [2.45, 2.75) is 25.7 Å². The van der Waals surface area contributed by atoms with E-state index >= 15 is 0 Å². The number of hydrogen-bond acceptors (Lipinski definition) is 6. The van der Waals surface area contributed by atoms with Crippen molar-refractivity contribution < 1.29 is 0 Å². The molecule has 0 N–H and O–H groups in total. The van der Waals surface area contributed by atoms with Gasteiger partial charge < -0.3 is 0 Å². The van der Waals surface area contributed by atoms with Crippen LogP contribution in [0.4, 0.5) is 0 Å². The first kappa shape index (κ1) is 26.6. The number of unbranched alkanes of at least 4 members (excludes halogenated alkanes) is 3. The maximum atomic E-state index is 2.45. The Labute approximate surface area is 166 Å². The number of hydrogen-bond donors (Lipinski definition) is 0. The van der Waals surface area contributed by atoms with Gasteiger partial charge >= 0.3 is 0 Å². The molecule has 0 saturated heterocycles. The molecule has 0 aliphatic carbocycles. The molecule has 0 atom stereocenters. The summed E-state index contributed by atoms with van der Waals surface area (Å²) in [6.07, 6.45) is 7.81. The quantitative estimate of drug-likeness (QED) is 0.340. The summed E-state index contributed by atoms with van der Waals surface area (Å²) in [5.74, 6) is 0. The lowest BCUT2D eigenvalue weighted by atomic mass is 10.2. The maximum absolute atomic E-state index is 2.45. The van der Waals surface area contributed by atoms with E-state index in [1.165, 1.54) is 38.0 Å². The minimum absolute atomic E-state index is 1.27. The lowest BCUT2D eigenvalue weighted by Crippen LogP contribution is -2.38. The second kappa shape index (κ2) is 11.6. The highest BCUT2D eigenvalue weighted by Gasteiger charge is 2.47. The Kier molecular flexibility index (Phi) is 11.9. The van der Waals surface area contributed by atoms with E-state index < -0.39 is 15.4 Å². The largest absolute Gasteiger partial charge is 0.225 e. The Hall–Kier alpha value is 0.620. The minimum atomic E-state index is -1.36. The monoisotopic (exact) mass is 410 g/mol. The van der Waals surface area contributed by atoms with Crippen molar-refractivity contribution in [1.82, 2.24) is 28.0 Å². The predicted molar refractivity (Wildman–Crippen MR) is 124 cm³/mol. The van der Waals surface area contributed by atoms with E-state index in [0.29, 0.717) is 0 Å². The fourth-order valence-electron chi connectivity index (χ4n) is 4.35. The average molecular weight is 411 g/mol. The topological polar surface area (TPSA) is 19.4 Å². The molecule has 0 spiro atoms. The summed E-state index contributed by atoms with van der Waals surface area (Å²) in [5, 5.41) is 0. The van der Waals surface area contributed by atoms with Crippen molar-refractivity contribution in [3.8, 4) is 0 Å². The third-order valence-corrected chi connectivity index (χ3v) is 15.0. The molecule has 0 aliphatic rings. The summed E-state index contributed by atoms with van der Waals surface area (Å²) in [4.78, 5) is 0. The van der Waals surface area contributed by atoms with Crippen LogP contribution < -0.4 is 0 Å². The van der Waals surface area contributed by atoms with Gasteiger partial charge in [0.25, 0.3) is 0 Å². The molecule has 0 heterocycles. The van der Waals surface area contributed by atoms with Gasteiger partial charge in [-0.05, 0) is 25.7 Å². The summed E-state index contributed by atoms with van der Waals surface area (Å²) >= 11 is 0. The molecule has 26 heavy (non-hydrogen) atoms. The van der Waals surface area contributed by atoms with Gasteiger partial charge in [-0.1, -0.05) is 0 Å². The van der Waals surface area contributed by atoms with Crippen LogP contribution in [0.1, 0.15) is 25.7 Å². The van der Waals surface area contributed by atoms with Crippen LogP contribution in [-0.2, 0) is 0 Å². The molecule has 158 valence electrons. The maximum Gasteiger partial charge on any atom is 0.225 e. The van der Waals surface area contributed by atoms with E-state index in [-0.39, 0.29) is 0 Å². The van der Waals surface area contributed by atoms with Gasteiger partial charge in [-0.25, -0.2) is 0 Å². The Balaban J connectivity index is 4.67. The molecule has 0 unspecified atom stereocenters. The van der Waals surface area contributed by atoms with Crippen LogP contribution in [0.3, 0.4) is 0 Å². The predicted octanol–water partition coefficient (Wildman–Crippen LogP) is 3.44. The van der Waals surface area contributed by atoms with Crippen molar-refractivity contribution in [1.29, 1.82) is 0 Å². The van der Waals surface area contributed by atoms with E-state index in [4.69, 9.17) is 0 Å². The SMILES string of the molecule is CN(C)[P+](CCCCCC[P+](N(C)C)(N(C)C)N(C)C)(N(C)C)N(C)C. The number of rotatable bonds is 13. The van der Waals surface area contributed by atoms with Crippen LogP contribution in [0.15, 0.2) is 0 Å². The fourth-order valence-corrected chi connectivity index (χ4v) is 12.3. The molecule has 0 aromatic carbocycles. The van der Waals surface area contributed by atoms with Crippen LogP contribution in [0.5, 0.6) is 0 Å². The zero-order valence-electron chi connectivity index (χ0n) is 19.8. The Morgan fingerprint density at radius 1 is 0.346 bits per heavy atom. The third kappa shape index (κ3) is 6.06. The molecule has 0 radical (unpaired) electrons. The van der Waals surface area contributed by atoms with Gasteiger partial charge in [-0.15, -0.1) is 0 Å². The summed E-state index contributed by atoms with van der Waals surface area (Å²) in [6, 6.07) is 0. The highest BCUT2D eigenvalue weighted by Crippen LogP contribution is 2.65. The molecule has 0 aliphatic heterocycles. The van der Waals surface area contributed by atoms with Crippen LogP contribution in [0, 0.1) is 0 Å². The van der Waals surface area contributed by atoms with Gasteiger partial charge in [0.1, 0.15) is 12.3 Å². The van der Waals surface area contributed by atoms with Crippen LogP contribution in [-0.4, -0.2) is 125 Å². The Bertz CT molecular complexity index is 306. The Morgan fingerprint density at radius 3 is 0.692 bits per heavy atom. The van der Waals surface area contributed by atoms with Gasteiger partial charge in [-0.3, -0.25) is 0 Å². The van der Waals surface area contributed by atoms with Crippen LogP contribution >= 0.6 is 15.4 Å². The fraction of sp³-hybridized carbons (Fsp3) is 1.00. The number of nitrogens with zero attached hydrogens (tertiary/aromatic N) is 6. The van der Waals surface area contributed by atoms with E-state index in [1.807, 2.05) is 0 Å². The van der Waals surface area contributed by atoms with Gasteiger partial charge in [-0.2, -0.15) is 28.0 Å². The molecule has 0 bridgehead atoms. The first-order chi connectivity index (χ1) is 11.9. The van der Waals surface area contributed by atoms with Gasteiger partial charge in [0, 0.05) is 84.6 Å². The summed E-state index contributed by atoms with van der Waals surface area (Å²) < 4.78 is 14.7. The van der Waals surface area contributed by atoms with Gasteiger partial charge in [0.05, 0.1) is 0 Å². The van der Waals surface area contributed by atoms with E-state index in [0.717, 1.165) is 0 Å². The smallest absolute Gasteiger partial charge is 0.155 e. The highest BCUT2D eigenvalue weighted by molar-refractivity contribution is 7.69. The molecule has 0 aromatic rings. The van der Waals surface area contributed by atoms with Crippen molar-refractivity contribution in [3.05, 3.63) is 0 Å². The highest BCUT2D eigenvalue weighted by atomic mass is 31.2. The van der Waals surface area contributed by atoms with Crippen LogP contribution in [0.2, 0.25) is 0 Å². The van der Waals surface area contributed by atoms with Crippen molar-refractivity contribution in [2.24, 2.45) is 0 Å². The van der Waals surface area contributed by atoms with Crippen molar-refractivity contribution in [3.63, 3.8) is 0 Å². The van der Waals surface area contributed by atoms with Crippen LogP contribution in [0.25, 0.3) is 0 Å². The van der Waals surface area contributed by atoms with Gasteiger partial charge in [0.15, 0.2) is 0 Å². The lowest BCUT2D eigenvalue weighted by Gasteiger charge is -2.40. The standard InChI is InChI=1S/C18H48N6P2/c1-19(2)25(20(3)4,21(5)6)17-15-13-14-16-18-26(22(7)8,23(9)10)24(11)12/h13-18H2,1-12H3/q+2. The zero-order chi connectivity index (χ0) is 20.7. The first-order valence-corrected chi connectivity index (χ1v) is 13.4. The third-order valence-electron chi connectivity index (χ3n) is 5.51. The molecular formula is C18H48N6P2+2. The zero-order valence-corrected chi connectivity index (χ0v) is 21.6. The molecule has 0 aromatic heterocycles.